The average Bonchev–Trinajstić information content (AvgIpc) is 2.76. The van der Waals surface area contributed by atoms with Crippen molar-refractivity contribution in [3.63, 3.8) is 0 Å². The molecule has 0 saturated heterocycles. The molecule has 2 unspecified atom stereocenters. The molecule has 1 aliphatic carbocycles. The van der Waals surface area contributed by atoms with Crippen molar-refractivity contribution in [2.75, 3.05) is 5.75 Å². The molecule has 0 radical (unpaired) electrons. The molecule has 1 N–H and O–H groups in total. The summed E-state index contributed by atoms with van der Waals surface area (Å²) in [6.45, 7) is 5.22. The maximum absolute atomic E-state index is 6.25. The highest BCUT2D eigenvalue weighted by atomic mass is 35.5. The Hall–Kier alpha value is -0.180. The van der Waals surface area contributed by atoms with Crippen molar-refractivity contribution in [1.29, 1.82) is 0 Å². The molecule has 0 spiro atoms. The third kappa shape index (κ3) is 3.91. The standard InChI is InChI=1S/C15H22ClNS/c1-3-18-14-7-6-13(9-14)17-10-12-5-4-11(2)8-15(12)16/h4-5,8,13-14,17H,3,6-7,9-10H2,1-2H3. The van der Waals surface area contributed by atoms with E-state index in [9.17, 15) is 0 Å². The van der Waals surface area contributed by atoms with Gasteiger partial charge in [-0.25, -0.2) is 0 Å². The molecule has 3 heteroatoms. The number of thioether (sulfide) groups is 1. The smallest absolute Gasteiger partial charge is 0.0453 e. The van der Waals surface area contributed by atoms with Crippen molar-refractivity contribution < 1.29 is 0 Å². The minimum absolute atomic E-state index is 0.673. The summed E-state index contributed by atoms with van der Waals surface area (Å²) in [7, 11) is 0. The van der Waals surface area contributed by atoms with Gasteiger partial charge in [-0.2, -0.15) is 11.8 Å². The van der Waals surface area contributed by atoms with Crippen LogP contribution in [-0.2, 0) is 6.54 Å². The largest absolute Gasteiger partial charge is 0.310 e. The summed E-state index contributed by atoms with van der Waals surface area (Å²) in [5.74, 6) is 1.24. The van der Waals surface area contributed by atoms with Gasteiger partial charge in [0.15, 0.2) is 0 Å². The first-order chi connectivity index (χ1) is 8.69. The van der Waals surface area contributed by atoms with Gasteiger partial charge in [0.1, 0.15) is 0 Å². The highest BCUT2D eigenvalue weighted by Gasteiger charge is 2.23. The van der Waals surface area contributed by atoms with E-state index in [1.165, 1.54) is 36.1 Å². The molecule has 100 valence electrons. The zero-order valence-electron chi connectivity index (χ0n) is 11.2. The van der Waals surface area contributed by atoms with Gasteiger partial charge in [0.2, 0.25) is 0 Å². The van der Waals surface area contributed by atoms with Gasteiger partial charge in [-0.1, -0.05) is 30.7 Å². The van der Waals surface area contributed by atoms with E-state index >= 15 is 0 Å². The fraction of sp³-hybridized carbons (Fsp3) is 0.600. The number of aryl methyl sites for hydroxylation is 1. The Kier molecular flexibility index (Phi) is 5.40. The summed E-state index contributed by atoms with van der Waals surface area (Å²) >= 11 is 8.35. The van der Waals surface area contributed by atoms with E-state index in [1.54, 1.807) is 0 Å². The molecule has 2 rings (SSSR count). The third-order valence-corrected chi connectivity index (χ3v) is 5.16. The fourth-order valence-electron chi connectivity index (χ4n) is 2.56. The Morgan fingerprint density at radius 3 is 2.94 bits per heavy atom. The van der Waals surface area contributed by atoms with Crippen LogP contribution >= 0.6 is 23.4 Å². The first-order valence-electron chi connectivity index (χ1n) is 6.79. The SMILES string of the molecule is CCSC1CCC(NCc2ccc(C)cc2Cl)C1. The molecule has 0 bridgehead atoms. The van der Waals surface area contributed by atoms with Crippen LogP contribution in [-0.4, -0.2) is 17.0 Å². The second-order valence-corrected chi connectivity index (χ2v) is 7.05. The molecule has 2 atom stereocenters. The third-order valence-electron chi connectivity index (χ3n) is 3.58. The highest BCUT2D eigenvalue weighted by molar-refractivity contribution is 7.99. The van der Waals surface area contributed by atoms with E-state index < -0.39 is 0 Å². The number of hydrogen-bond acceptors (Lipinski definition) is 2. The van der Waals surface area contributed by atoms with Gasteiger partial charge < -0.3 is 5.32 Å². The lowest BCUT2D eigenvalue weighted by atomic mass is 10.1. The normalized spacial score (nSPS) is 23.5. The van der Waals surface area contributed by atoms with Gasteiger partial charge in [0.25, 0.3) is 0 Å². The second kappa shape index (κ2) is 6.83. The van der Waals surface area contributed by atoms with Gasteiger partial charge in [0.05, 0.1) is 0 Å². The number of hydrogen-bond donors (Lipinski definition) is 1. The molecule has 0 amide bonds. The molecule has 0 heterocycles. The molecule has 1 nitrogen and oxygen atoms in total. The van der Waals surface area contributed by atoms with Crippen LogP contribution in [0, 0.1) is 6.92 Å². The summed E-state index contributed by atoms with van der Waals surface area (Å²) in [5.41, 5.74) is 2.44. The van der Waals surface area contributed by atoms with Crippen LogP contribution in [0.25, 0.3) is 0 Å². The number of benzene rings is 1. The lowest BCUT2D eigenvalue weighted by Crippen LogP contribution is -2.26. The summed E-state index contributed by atoms with van der Waals surface area (Å²) in [4.78, 5) is 0. The van der Waals surface area contributed by atoms with E-state index in [1.807, 2.05) is 6.07 Å². The molecular formula is C15H22ClNS. The molecular weight excluding hydrogens is 262 g/mol. The van der Waals surface area contributed by atoms with Crippen molar-refractivity contribution in [1.82, 2.24) is 5.32 Å². The molecule has 0 aliphatic heterocycles. The topological polar surface area (TPSA) is 12.0 Å². The van der Waals surface area contributed by atoms with Crippen LogP contribution in [0.1, 0.15) is 37.3 Å². The van der Waals surface area contributed by atoms with Crippen molar-refractivity contribution >= 4 is 23.4 Å². The second-order valence-electron chi connectivity index (χ2n) is 5.06. The van der Waals surface area contributed by atoms with Crippen LogP contribution in [0.2, 0.25) is 5.02 Å². The molecule has 1 aromatic carbocycles. The van der Waals surface area contributed by atoms with Gasteiger partial charge in [-0.3, -0.25) is 0 Å². The van der Waals surface area contributed by atoms with E-state index in [0.717, 1.165) is 16.8 Å². The Balaban J connectivity index is 1.81. The van der Waals surface area contributed by atoms with Crippen LogP contribution < -0.4 is 5.32 Å². The van der Waals surface area contributed by atoms with E-state index in [-0.39, 0.29) is 0 Å². The summed E-state index contributed by atoms with van der Waals surface area (Å²) in [5, 5.41) is 5.40. The van der Waals surface area contributed by atoms with Crippen molar-refractivity contribution in [2.24, 2.45) is 0 Å². The van der Waals surface area contributed by atoms with E-state index in [0.29, 0.717) is 6.04 Å². The van der Waals surface area contributed by atoms with Gasteiger partial charge in [-0.15, -0.1) is 0 Å². The molecule has 1 fully saturated rings. The highest BCUT2D eigenvalue weighted by Crippen LogP contribution is 2.30. The quantitative estimate of drug-likeness (QED) is 0.859. The fourth-order valence-corrected chi connectivity index (χ4v) is 4.01. The summed E-state index contributed by atoms with van der Waals surface area (Å²) in [6, 6.07) is 6.99. The van der Waals surface area contributed by atoms with E-state index in [4.69, 9.17) is 11.6 Å². The maximum Gasteiger partial charge on any atom is 0.0453 e. The lowest BCUT2D eigenvalue weighted by Gasteiger charge is -2.14. The Morgan fingerprint density at radius 2 is 2.22 bits per heavy atom. The predicted molar refractivity (Wildman–Crippen MR) is 82.6 cm³/mol. The zero-order chi connectivity index (χ0) is 13.0. The molecule has 18 heavy (non-hydrogen) atoms. The summed E-state index contributed by atoms with van der Waals surface area (Å²) in [6.07, 6.45) is 3.97. The minimum Gasteiger partial charge on any atom is -0.310 e. The first kappa shape index (κ1) is 14.2. The van der Waals surface area contributed by atoms with Crippen LogP contribution in [0.5, 0.6) is 0 Å². The van der Waals surface area contributed by atoms with Crippen molar-refractivity contribution in [3.8, 4) is 0 Å². The summed E-state index contributed by atoms with van der Waals surface area (Å²) < 4.78 is 0. The van der Waals surface area contributed by atoms with Crippen LogP contribution in [0.3, 0.4) is 0 Å². The minimum atomic E-state index is 0.673. The van der Waals surface area contributed by atoms with Gasteiger partial charge in [0, 0.05) is 22.9 Å². The molecule has 1 saturated carbocycles. The number of halogens is 1. The van der Waals surface area contributed by atoms with Crippen LogP contribution in [0.15, 0.2) is 18.2 Å². The monoisotopic (exact) mass is 283 g/mol. The molecule has 1 aromatic rings. The zero-order valence-corrected chi connectivity index (χ0v) is 12.8. The van der Waals surface area contributed by atoms with Crippen molar-refractivity contribution in [2.45, 2.75) is 50.9 Å². The lowest BCUT2D eigenvalue weighted by molar-refractivity contribution is 0.525. The number of rotatable bonds is 5. The maximum atomic E-state index is 6.25. The Labute approximate surface area is 120 Å². The molecule has 0 aromatic heterocycles. The Bertz CT molecular complexity index is 394. The first-order valence-corrected chi connectivity index (χ1v) is 8.21. The van der Waals surface area contributed by atoms with Crippen LogP contribution in [0.4, 0.5) is 0 Å². The Morgan fingerprint density at radius 1 is 1.39 bits per heavy atom. The van der Waals surface area contributed by atoms with Gasteiger partial charge >= 0.3 is 0 Å². The van der Waals surface area contributed by atoms with Crippen molar-refractivity contribution in [3.05, 3.63) is 34.3 Å². The number of nitrogens with one attached hydrogen (secondary N) is 1. The average molecular weight is 284 g/mol. The van der Waals surface area contributed by atoms with Gasteiger partial charge in [-0.05, 0) is 49.1 Å². The molecule has 1 aliphatic rings. The predicted octanol–water partition coefficient (Wildman–Crippen LogP) is 4.41. The van der Waals surface area contributed by atoms with E-state index in [2.05, 4.69) is 43.1 Å².